The van der Waals surface area contributed by atoms with Crippen molar-refractivity contribution < 1.29 is 18.9 Å². The van der Waals surface area contributed by atoms with E-state index in [4.69, 9.17) is 18.9 Å². The number of ether oxygens (including phenoxy) is 4. The minimum atomic E-state index is -1.13. The van der Waals surface area contributed by atoms with Gasteiger partial charge in [-0.15, -0.1) is 0 Å². The summed E-state index contributed by atoms with van der Waals surface area (Å²) in [5, 5.41) is 0. The molecular weight excluding hydrogens is 244 g/mol. The first kappa shape index (κ1) is 16.0. The van der Waals surface area contributed by atoms with Crippen molar-refractivity contribution in [2.24, 2.45) is 0 Å². The van der Waals surface area contributed by atoms with Gasteiger partial charge in [0.25, 0.3) is 0 Å². The molecule has 4 heteroatoms. The van der Waals surface area contributed by atoms with E-state index in [9.17, 15) is 0 Å². The van der Waals surface area contributed by atoms with Crippen molar-refractivity contribution in [3.8, 4) is 5.75 Å². The van der Waals surface area contributed by atoms with Gasteiger partial charge in [-0.25, -0.2) is 0 Å². The van der Waals surface area contributed by atoms with Crippen LogP contribution in [0, 0.1) is 6.92 Å². The molecule has 1 aromatic rings. The molecular formula is C15H24O4. The maximum atomic E-state index is 5.74. The van der Waals surface area contributed by atoms with E-state index in [0.717, 1.165) is 16.9 Å². The maximum absolute atomic E-state index is 5.74. The smallest absolute Gasteiger partial charge is 0.311 e. The van der Waals surface area contributed by atoms with Crippen LogP contribution in [0.1, 0.15) is 31.9 Å². The second-order valence-electron chi connectivity index (χ2n) is 4.04. The average Bonchev–Trinajstić information content (AvgIpc) is 2.39. The molecule has 19 heavy (non-hydrogen) atoms. The van der Waals surface area contributed by atoms with Gasteiger partial charge in [0.05, 0.1) is 7.11 Å². The predicted molar refractivity (Wildman–Crippen MR) is 74.3 cm³/mol. The summed E-state index contributed by atoms with van der Waals surface area (Å²) >= 11 is 0. The van der Waals surface area contributed by atoms with E-state index in [2.05, 4.69) is 0 Å². The lowest BCUT2D eigenvalue weighted by Gasteiger charge is -2.32. The second kappa shape index (κ2) is 7.48. The van der Waals surface area contributed by atoms with E-state index in [1.54, 1.807) is 7.11 Å². The fourth-order valence-electron chi connectivity index (χ4n) is 2.01. The Bertz CT molecular complexity index is 373. The molecule has 0 amide bonds. The third-order valence-electron chi connectivity index (χ3n) is 2.75. The predicted octanol–water partition coefficient (Wildman–Crippen LogP) is 3.22. The zero-order valence-corrected chi connectivity index (χ0v) is 12.5. The molecule has 0 atom stereocenters. The molecule has 0 fully saturated rings. The molecule has 0 unspecified atom stereocenters. The minimum absolute atomic E-state index is 0.505. The van der Waals surface area contributed by atoms with Crippen LogP contribution in [0.3, 0.4) is 0 Å². The van der Waals surface area contributed by atoms with Gasteiger partial charge in [-0.05, 0) is 51.5 Å². The Kier molecular flexibility index (Phi) is 6.28. The van der Waals surface area contributed by atoms with Gasteiger partial charge in [0, 0.05) is 25.4 Å². The van der Waals surface area contributed by atoms with Gasteiger partial charge in [-0.2, -0.15) is 0 Å². The number of hydrogen-bond acceptors (Lipinski definition) is 4. The van der Waals surface area contributed by atoms with Crippen LogP contribution in [0.2, 0.25) is 0 Å². The fraction of sp³-hybridized carbons (Fsp3) is 0.600. The SMILES string of the molecule is CCOC(OCC)(OCC)c1ccc(OC)c(C)c1. The van der Waals surface area contributed by atoms with Crippen LogP contribution in [0.25, 0.3) is 0 Å². The van der Waals surface area contributed by atoms with Crippen LogP contribution in [0.15, 0.2) is 18.2 Å². The summed E-state index contributed by atoms with van der Waals surface area (Å²) in [6, 6.07) is 5.78. The molecule has 4 nitrogen and oxygen atoms in total. The molecule has 0 heterocycles. The summed E-state index contributed by atoms with van der Waals surface area (Å²) < 4.78 is 22.5. The quantitative estimate of drug-likeness (QED) is 0.678. The first-order valence-corrected chi connectivity index (χ1v) is 6.70. The molecule has 0 aliphatic heterocycles. The van der Waals surface area contributed by atoms with E-state index in [1.165, 1.54) is 0 Å². The lowest BCUT2D eigenvalue weighted by Crippen LogP contribution is -2.36. The van der Waals surface area contributed by atoms with Crippen molar-refractivity contribution in [1.82, 2.24) is 0 Å². The first-order valence-electron chi connectivity index (χ1n) is 6.70. The van der Waals surface area contributed by atoms with Crippen LogP contribution in [0.5, 0.6) is 5.75 Å². The highest BCUT2D eigenvalue weighted by Gasteiger charge is 2.35. The Morgan fingerprint density at radius 1 is 0.947 bits per heavy atom. The van der Waals surface area contributed by atoms with Crippen molar-refractivity contribution in [3.05, 3.63) is 29.3 Å². The summed E-state index contributed by atoms with van der Waals surface area (Å²) in [6.45, 7) is 9.26. The molecule has 0 aliphatic rings. The number of hydrogen-bond donors (Lipinski definition) is 0. The van der Waals surface area contributed by atoms with Crippen molar-refractivity contribution in [1.29, 1.82) is 0 Å². The number of rotatable bonds is 8. The number of aryl methyl sites for hydroxylation is 1. The maximum Gasteiger partial charge on any atom is 0.311 e. The molecule has 0 aromatic heterocycles. The number of methoxy groups -OCH3 is 1. The standard InChI is InChI=1S/C15H24O4/c1-6-17-15(18-7-2,19-8-3)13-9-10-14(16-5)12(4)11-13/h9-11H,6-8H2,1-5H3. The lowest BCUT2D eigenvalue weighted by molar-refractivity contribution is -0.389. The third kappa shape index (κ3) is 3.69. The fourth-order valence-corrected chi connectivity index (χ4v) is 2.01. The van der Waals surface area contributed by atoms with E-state index in [0.29, 0.717) is 19.8 Å². The molecule has 0 N–H and O–H groups in total. The summed E-state index contributed by atoms with van der Waals surface area (Å²) in [6.07, 6.45) is 0. The molecule has 0 saturated heterocycles. The summed E-state index contributed by atoms with van der Waals surface area (Å²) in [5.74, 6) is -0.294. The van der Waals surface area contributed by atoms with Crippen molar-refractivity contribution in [2.45, 2.75) is 33.7 Å². The Balaban J connectivity index is 3.18. The van der Waals surface area contributed by atoms with Crippen LogP contribution in [-0.4, -0.2) is 26.9 Å². The van der Waals surface area contributed by atoms with Crippen LogP contribution in [0.4, 0.5) is 0 Å². The monoisotopic (exact) mass is 268 g/mol. The number of benzene rings is 1. The Labute approximate surface area is 115 Å². The Morgan fingerprint density at radius 2 is 1.47 bits per heavy atom. The Hall–Kier alpha value is -1.10. The molecule has 0 spiro atoms. The second-order valence-corrected chi connectivity index (χ2v) is 4.04. The molecule has 108 valence electrons. The Morgan fingerprint density at radius 3 is 1.84 bits per heavy atom. The molecule has 1 rings (SSSR count). The van der Waals surface area contributed by atoms with E-state index in [1.807, 2.05) is 45.9 Å². The molecule has 0 saturated carbocycles. The molecule has 1 aromatic carbocycles. The van der Waals surface area contributed by atoms with E-state index in [-0.39, 0.29) is 0 Å². The highest BCUT2D eigenvalue weighted by molar-refractivity contribution is 5.37. The van der Waals surface area contributed by atoms with Crippen LogP contribution >= 0.6 is 0 Å². The normalized spacial score (nSPS) is 11.6. The van der Waals surface area contributed by atoms with Gasteiger partial charge in [-0.1, -0.05) is 0 Å². The summed E-state index contributed by atoms with van der Waals surface area (Å²) in [5.41, 5.74) is 1.86. The van der Waals surface area contributed by atoms with Crippen molar-refractivity contribution in [3.63, 3.8) is 0 Å². The third-order valence-corrected chi connectivity index (χ3v) is 2.75. The van der Waals surface area contributed by atoms with Crippen LogP contribution < -0.4 is 4.74 Å². The highest BCUT2D eigenvalue weighted by Crippen LogP contribution is 2.32. The average molecular weight is 268 g/mol. The van der Waals surface area contributed by atoms with Gasteiger partial charge < -0.3 is 18.9 Å². The van der Waals surface area contributed by atoms with Crippen molar-refractivity contribution in [2.75, 3.05) is 26.9 Å². The lowest BCUT2D eigenvalue weighted by atomic mass is 10.1. The van der Waals surface area contributed by atoms with Gasteiger partial charge in [0.15, 0.2) is 0 Å². The van der Waals surface area contributed by atoms with Crippen LogP contribution in [-0.2, 0) is 20.2 Å². The van der Waals surface area contributed by atoms with Gasteiger partial charge in [0.1, 0.15) is 5.75 Å². The van der Waals surface area contributed by atoms with Gasteiger partial charge in [-0.3, -0.25) is 0 Å². The van der Waals surface area contributed by atoms with Crippen molar-refractivity contribution >= 4 is 0 Å². The first-order chi connectivity index (χ1) is 9.13. The molecule has 0 aliphatic carbocycles. The minimum Gasteiger partial charge on any atom is -0.496 e. The largest absolute Gasteiger partial charge is 0.496 e. The van der Waals surface area contributed by atoms with Gasteiger partial charge in [0.2, 0.25) is 0 Å². The zero-order chi connectivity index (χ0) is 14.3. The summed E-state index contributed by atoms with van der Waals surface area (Å²) in [7, 11) is 1.66. The molecule has 0 bridgehead atoms. The topological polar surface area (TPSA) is 36.9 Å². The van der Waals surface area contributed by atoms with E-state index < -0.39 is 5.97 Å². The highest BCUT2D eigenvalue weighted by atomic mass is 16.9. The molecule has 0 radical (unpaired) electrons. The zero-order valence-electron chi connectivity index (χ0n) is 12.5. The van der Waals surface area contributed by atoms with E-state index >= 15 is 0 Å². The van der Waals surface area contributed by atoms with Gasteiger partial charge >= 0.3 is 5.97 Å². The summed E-state index contributed by atoms with van der Waals surface area (Å²) in [4.78, 5) is 0.